The summed E-state index contributed by atoms with van der Waals surface area (Å²) in [5.41, 5.74) is 0.683. The predicted molar refractivity (Wildman–Crippen MR) is 84.9 cm³/mol. The second kappa shape index (κ2) is 7.22. The molecule has 0 saturated carbocycles. The van der Waals surface area contributed by atoms with E-state index in [1.807, 2.05) is 13.1 Å². The van der Waals surface area contributed by atoms with E-state index in [2.05, 4.69) is 27.1 Å². The van der Waals surface area contributed by atoms with E-state index in [4.69, 9.17) is 11.6 Å². The van der Waals surface area contributed by atoms with Gasteiger partial charge in [0.05, 0.1) is 5.02 Å². The van der Waals surface area contributed by atoms with Crippen LogP contribution < -0.4 is 10.2 Å². The zero-order valence-electron chi connectivity index (χ0n) is 12.1. The lowest BCUT2D eigenvalue weighted by Gasteiger charge is -2.18. The second-order valence-electron chi connectivity index (χ2n) is 4.79. The van der Waals surface area contributed by atoms with Crippen LogP contribution in [0.1, 0.15) is 19.8 Å². The van der Waals surface area contributed by atoms with Crippen LogP contribution in [0.3, 0.4) is 0 Å². The number of nitrogens with one attached hydrogen (secondary N) is 1. The molecule has 0 saturated heterocycles. The van der Waals surface area contributed by atoms with Gasteiger partial charge in [-0.2, -0.15) is 0 Å². The van der Waals surface area contributed by atoms with Crippen LogP contribution in [0.4, 0.5) is 21.7 Å². The average Bonchev–Trinajstić information content (AvgIpc) is 2.49. The number of halogens is 2. The van der Waals surface area contributed by atoms with Gasteiger partial charge in [0.2, 0.25) is 0 Å². The van der Waals surface area contributed by atoms with E-state index in [-0.39, 0.29) is 5.02 Å². The third-order valence-electron chi connectivity index (χ3n) is 3.08. The Morgan fingerprint density at radius 3 is 2.81 bits per heavy atom. The normalized spacial score (nSPS) is 10.5. The Morgan fingerprint density at radius 2 is 2.10 bits per heavy atom. The van der Waals surface area contributed by atoms with E-state index in [1.165, 1.54) is 18.5 Å². The largest absolute Gasteiger partial charge is 0.360 e. The number of hydrogen-bond donors (Lipinski definition) is 1. The lowest BCUT2D eigenvalue weighted by molar-refractivity contribution is 0.628. The summed E-state index contributed by atoms with van der Waals surface area (Å²) in [4.78, 5) is 10.5. The van der Waals surface area contributed by atoms with Gasteiger partial charge in [-0.05, 0) is 24.6 Å². The topological polar surface area (TPSA) is 41.0 Å². The predicted octanol–water partition coefficient (Wildman–Crippen LogP) is 4.25. The highest BCUT2D eigenvalue weighted by atomic mass is 35.5. The molecule has 0 atom stereocenters. The van der Waals surface area contributed by atoms with E-state index < -0.39 is 5.82 Å². The van der Waals surface area contributed by atoms with Gasteiger partial charge in [-0.3, -0.25) is 0 Å². The SMILES string of the molecule is CCCCN(C)c1cc(Nc2ccc(F)c(Cl)c2)ncn1. The number of nitrogens with zero attached hydrogens (tertiary/aromatic N) is 3. The van der Waals surface area contributed by atoms with Gasteiger partial charge in [0.25, 0.3) is 0 Å². The third-order valence-corrected chi connectivity index (χ3v) is 3.37. The fourth-order valence-corrected chi connectivity index (χ4v) is 2.04. The molecule has 0 aliphatic carbocycles. The quantitative estimate of drug-likeness (QED) is 0.866. The molecule has 0 fully saturated rings. The maximum Gasteiger partial charge on any atom is 0.141 e. The smallest absolute Gasteiger partial charge is 0.141 e. The molecular formula is C15H18ClFN4. The van der Waals surface area contributed by atoms with Crippen molar-refractivity contribution < 1.29 is 4.39 Å². The van der Waals surface area contributed by atoms with Crippen molar-refractivity contribution in [1.29, 1.82) is 0 Å². The lowest BCUT2D eigenvalue weighted by atomic mass is 10.3. The summed E-state index contributed by atoms with van der Waals surface area (Å²) in [7, 11) is 2.00. The first-order valence-electron chi connectivity index (χ1n) is 6.85. The van der Waals surface area contributed by atoms with Gasteiger partial charge in [-0.15, -0.1) is 0 Å². The summed E-state index contributed by atoms with van der Waals surface area (Å²) in [6.45, 7) is 3.09. The van der Waals surface area contributed by atoms with Crippen molar-refractivity contribution in [1.82, 2.24) is 9.97 Å². The van der Waals surface area contributed by atoms with Crippen molar-refractivity contribution in [2.45, 2.75) is 19.8 Å². The minimum absolute atomic E-state index is 0.0781. The van der Waals surface area contributed by atoms with Crippen molar-refractivity contribution in [2.24, 2.45) is 0 Å². The van der Waals surface area contributed by atoms with Gasteiger partial charge in [0.15, 0.2) is 0 Å². The van der Waals surface area contributed by atoms with E-state index >= 15 is 0 Å². The number of rotatable bonds is 6. The van der Waals surface area contributed by atoms with Crippen molar-refractivity contribution in [3.8, 4) is 0 Å². The molecule has 1 aromatic heterocycles. The van der Waals surface area contributed by atoms with Gasteiger partial charge in [0, 0.05) is 25.3 Å². The Kier molecular flexibility index (Phi) is 5.33. The van der Waals surface area contributed by atoms with Crippen molar-refractivity contribution in [3.05, 3.63) is 41.4 Å². The van der Waals surface area contributed by atoms with Crippen molar-refractivity contribution in [2.75, 3.05) is 23.8 Å². The number of unbranched alkanes of at least 4 members (excludes halogenated alkanes) is 1. The van der Waals surface area contributed by atoms with E-state index in [1.54, 1.807) is 6.07 Å². The molecule has 0 amide bonds. The van der Waals surface area contributed by atoms with Crippen LogP contribution in [0.25, 0.3) is 0 Å². The summed E-state index contributed by atoms with van der Waals surface area (Å²) >= 11 is 5.76. The minimum Gasteiger partial charge on any atom is -0.360 e. The molecule has 112 valence electrons. The first kappa shape index (κ1) is 15.5. The summed E-state index contributed by atoms with van der Waals surface area (Å²) in [6, 6.07) is 6.32. The maximum atomic E-state index is 13.1. The molecule has 2 aromatic rings. The lowest BCUT2D eigenvalue weighted by Crippen LogP contribution is -2.19. The highest BCUT2D eigenvalue weighted by Gasteiger charge is 2.06. The molecule has 1 heterocycles. The molecule has 0 bridgehead atoms. The molecule has 0 spiro atoms. The summed E-state index contributed by atoms with van der Waals surface area (Å²) in [5, 5.41) is 3.17. The fraction of sp³-hybridized carbons (Fsp3) is 0.333. The van der Waals surface area contributed by atoms with Crippen LogP contribution in [-0.4, -0.2) is 23.6 Å². The first-order valence-corrected chi connectivity index (χ1v) is 7.23. The monoisotopic (exact) mass is 308 g/mol. The zero-order chi connectivity index (χ0) is 15.2. The van der Waals surface area contributed by atoms with Crippen LogP contribution in [0.5, 0.6) is 0 Å². The highest BCUT2D eigenvalue weighted by Crippen LogP contribution is 2.23. The van der Waals surface area contributed by atoms with E-state index in [0.717, 1.165) is 25.2 Å². The summed E-state index contributed by atoms with van der Waals surface area (Å²) < 4.78 is 13.1. The Hall–Kier alpha value is -1.88. The summed E-state index contributed by atoms with van der Waals surface area (Å²) in [5.74, 6) is 1.05. The molecular weight excluding hydrogens is 291 g/mol. The molecule has 21 heavy (non-hydrogen) atoms. The molecule has 4 nitrogen and oxygen atoms in total. The molecule has 0 aliphatic rings. The highest BCUT2D eigenvalue weighted by molar-refractivity contribution is 6.31. The van der Waals surface area contributed by atoms with Crippen molar-refractivity contribution >= 4 is 28.9 Å². The molecule has 0 unspecified atom stereocenters. The van der Waals surface area contributed by atoms with Crippen LogP contribution in [0.2, 0.25) is 5.02 Å². The van der Waals surface area contributed by atoms with Gasteiger partial charge in [-0.25, -0.2) is 14.4 Å². The standard InChI is InChI=1S/C15H18ClFN4/c1-3-4-7-21(2)15-9-14(18-10-19-15)20-11-5-6-13(17)12(16)8-11/h5-6,8-10H,3-4,7H2,1-2H3,(H,18,19,20). The summed E-state index contributed by atoms with van der Waals surface area (Å²) in [6.07, 6.45) is 3.75. The van der Waals surface area contributed by atoms with Gasteiger partial charge in [-0.1, -0.05) is 24.9 Å². The van der Waals surface area contributed by atoms with Crippen LogP contribution in [-0.2, 0) is 0 Å². The molecule has 2 rings (SSSR count). The van der Waals surface area contributed by atoms with Gasteiger partial charge >= 0.3 is 0 Å². The third kappa shape index (κ3) is 4.29. The zero-order valence-corrected chi connectivity index (χ0v) is 12.9. The maximum absolute atomic E-state index is 13.1. The molecule has 6 heteroatoms. The van der Waals surface area contributed by atoms with Gasteiger partial charge < -0.3 is 10.2 Å². The Bertz CT molecular complexity index is 606. The van der Waals surface area contributed by atoms with Crippen LogP contribution in [0, 0.1) is 5.82 Å². The van der Waals surface area contributed by atoms with E-state index in [9.17, 15) is 4.39 Å². The van der Waals surface area contributed by atoms with E-state index in [0.29, 0.717) is 11.5 Å². The fourth-order valence-electron chi connectivity index (χ4n) is 1.86. The number of hydrogen-bond acceptors (Lipinski definition) is 4. The first-order chi connectivity index (χ1) is 10.1. The second-order valence-corrected chi connectivity index (χ2v) is 5.20. The molecule has 1 N–H and O–H groups in total. The van der Waals surface area contributed by atoms with Crippen LogP contribution in [0.15, 0.2) is 30.6 Å². The Labute approximate surface area is 129 Å². The minimum atomic E-state index is -0.440. The molecule has 0 aliphatic heterocycles. The molecule has 1 aromatic carbocycles. The Balaban J connectivity index is 2.11. The van der Waals surface area contributed by atoms with Crippen molar-refractivity contribution in [3.63, 3.8) is 0 Å². The molecule has 0 radical (unpaired) electrons. The number of anilines is 3. The van der Waals surface area contributed by atoms with Gasteiger partial charge in [0.1, 0.15) is 23.8 Å². The Morgan fingerprint density at radius 1 is 1.29 bits per heavy atom. The average molecular weight is 309 g/mol. The number of aromatic nitrogens is 2. The number of benzene rings is 1. The van der Waals surface area contributed by atoms with Crippen LogP contribution >= 0.6 is 11.6 Å².